The number of halogens is 1. The van der Waals surface area contributed by atoms with Gasteiger partial charge in [0.05, 0.1) is 0 Å². The number of carbonyl (C=O) groups is 2. The number of likely N-dealkylation sites (N-methyl/N-ethyl adjacent to an activating group) is 1. The van der Waals surface area contributed by atoms with Crippen molar-refractivity contribution < 1.29 is 14.0 Å². The number of hydrogen-bond acceptors (Lipinski definition) is 2. The molecule has 0 heterocycles. The van der Waals surface area contributed by atoms with Crippen molar-refractivity contribution in [2.45, 2.75) is 19.5 Å². The van der Waals surface area contributed by atoms with Crippen LogP contribution in [0.3, 0.4) is 0 Å². The molecule has 2 rings (SSSR count). The summed E-state index contributed by atoms with van der Waals surface area (Å²) in [6.45, 7) is 2.00. The molecule has 0 radical (unpaired) electrons. The van der Waals surface area contributed by atoms with Crippen molar-refractivity contribution in [3.63, 3.8) is 0 Å². The Kier molecular flexibility index (Phi) is 5.46. The van der Waals surface area contributed by atoms with Crippen LogP contribution in [0.25, 0.3) is 0 Å². The molecule has 0 aromatic heterocycles. The Morgan fingerprint density at radius 1 is 1.09 bits per heavy atom. The van der Waals surface area contributed by atoms with E-state index in [1.165, 1.54) is 17.0 Å². The second-order valence-corrected chi connectivity index (χ2v) is 5.38. The molecule has 1 atom stereocenters. The lowest BCUT2D eigenvalue weighted by molar-refractivity contribution is -0.132. The molecule has 0 fully saturated rings. The fourth-order valence-corrected chi connectivity index (χ4v) is 2.20. The van der Waals surface area contributed by atoms with E-state index in [1.54, 1.807) is 50.4 Å². The average Bonchev–Trinajstić information content (AvgIpc) is 2.56. The van der Waals surface area contributed by atoms with Crippen molar-refractivity contribution in [1.29, 1.82) is 0 Å². The van der Waals surface area contributed by atoms with E-state index in [-0.39, 0.29) is 17.6 Å². The zero-order valence-electron chi connectivity index (χ0n) is 13.1. The predicted octanol–water partition coefficient (Wildman–Crippen LogP) is 2.60. The summed E-state index contributed by atoms with van der Waals surface area (Å²) < 4.78 is 12.9. The molecule has 23 heavy (non-hydrogen) atoms. The quantitative estimate of drug-likeness (QED) is 0.922. The number of benzene rings is 2. The smallest absolute Gasteiger partial charge is 0.251 e. The Bertz CT molecular complexity index is 671. The summed E-state index contributed by atoms with van der Waals surface area (Å²) in [4.78, 5) is 25.9. The van der Waals surface area contributed by atoms with E-state index in [2.05, 4.69) is 5.32 Å². The monoisotopic (exact) mass is 314 g/mol. The molecular formula is C18H19FN2O2. The highest BCUT2D eigenvalue weighted by atomic mass is 19.1. The molecule has 1 N–H and O–H groups in total. The van der Waals surface area contributed by atoms with Gasteiger partial charge in [0.25, 0.3) is 5.91 Å². The first-order valence-corrected chi connectivity index (χ1v) is 7.32. The third-order valence-corrected chi connectivity index (χ3v) is 3.46. The van der Waals surface area contributed by atoms with Crippen molar-refractivity contribution in [3.8, 4) is 0 Å². The van der Waals surface area contributed by atoms with Crippen LogP contribution >= 0.6 is 0 Å². The summed E-state index contributed by atoms with van der Waals surface area (Å²) in [6.07, 6.45) is 0. The number of amides is 2. The zero-order chi connectivity index (χ0) is 16.8. The third kappa shape index (κ3) is 4.64. The van der Waals surface area contributed by atoms with Crippen LogP contribution in [0.2, 0.25) is 0 Å². The Balaban J connectivity index is 1.93. The highest BCUT2D eigenvalue weighted by Gasteiger charge is 2.20. The van der Waals surface area contributed by atoms with Gasteiger partial charge in [-0.2, -0.15) is 0 Å². The molecule has 2 aromatic carbocycles. The summed E-state index contributed by atoms with van der Waals surface area (Å²) in [5.41, 5.74) is 1.33. The first-order chi connectivity index (χ1) is 11.0. The van der Waals surface area contributed by atoms with Crippen LogP contribution in [-0.2, 0) is 11.3 Å². The van der Waals surface area contributed by atoms with Gasteiger partial charge in [0.1, 0.15) is 11.9 Å². The summed E-state index contributed by atoms with van der Waals surface area (Å²) in [7, 11) is 1.65. The van der Waals surface area contributed by atoms with Crippen LogP contribution in [0.5, 0.6) is 0 Å². The second-order valence-electron chi connectivity index (χ2n) is 5.38. The number of hydrogen-bond donors (Lipinski definition) is 1. The minimum Gasteiger partial charge on any atom is -0.341 e. The third-order valence-electron chi connectivity index (χ3n) is 3.46. The maximum atomic E-state index is 12.9. The molecule has 0 aliphatic rings. The summed E-state index contributed by atoms with van der Waals surface area (Å²) >= 11 is 0. The molecule has 2 amide bonds. The van der Waals surface area contributed by atoms with Gasteiger partial charge in [-0.3, -0.25) is 9.59 Å². The van der Waals surface area contributed by atoms with Crippen molar-refractivity contribution in [1.82, 2.24) is 10.2 Å². The van der Waals surface area contributed by atoms with Gasteiger partial charge >= 0.3 is 0 Å². The van der Waals surface area contributed by atoms with Gasteiger partial charge in [-0.25, -0.2) is 4.39 Å². The van der Waals surface area contributed by atoms with Gasteiger partial charge in [0, 0.05) is 19.2 Å². The lowest BCUT2D eigenvalue weighted by Gasteiger charge is -2.22. The Labute approximate surface area is 134 Å². The number of nitrogens with one attached hydrogen (secondary N) is 1. The van der Waals surface area contributed by atoms with Crippen LogP contribution in [0.4, 0.5) is 4.39 Å². The van der Waals surface area contributed by atoms with E-state index in [0.717, 1.165) is 5.56 Å². The van der Waals surface area contributed by atoms with E-state index >= 15 is 0 Å². The van der Waals surface area contributed by atoms with Crippen molar-refractivity contribution in [2.24, 2.45) is 0 Å². The normalized spacial score (nSPS) is 11.6. The van der Waals surface area contributed by atoms with Crippen LogP contribution < -0.4 is 5.32 Å². The van der Waals surface area contributed by atoms with E-state index < -0.39 is 6.04 Å². The van der Waals surface area contributed by atoms with Gasteiger partial charge in [-0.15, -0.1) is 0 Å². The summed E-state index contributed by atoms with van der Waals surface area (Å²) in [5, 5.41) is 2.68. The number of rotatable bonds is 5. The molecule has 2 aromatic rings. The Hall–Kier alpha value is -2.69. The molecule has 0 bridgehead atoms. The first-order valence-electron chi connectivity index (χ1n) is 7.32. The molecule has 0 spiro atoms. The second kappa shape index (κ2) is 7.54. The average molecular weight is 314 g/mol. The van der Waals surface area contributed by atoms with Crippen LogP contribution in [0.15, 0.2) is 54.6 Å². The minimum atomic E-state index is -0.645. The maximum absolute atomic E-state index is 12.9. The molecular weight excluding hydrogens is 295 g/mol. The van der Waals surface area contributed by atoms with E-state index in [9.17, 15) is 14.0 Å². The van der Waals surface area contributed by atoms with Crippen molar-refractivity contribution in [3.05, 3.63) is 71.5 Å². The van der Waals surface area contributed by atoms with Crippen molar-refractivity contribution >= 4 is 11.8 Å². The zero-order valence-corrected chi connectivity index (χ0v) is 13.1. The highest BCUT2D eigenvalue weighted by Crippen LogP contribution is 2.07. The van der Waals surface area contributed by atoms with Gasteiger partial charge in [0.15, 0.2) is 0 Å². The predicted molar refractivity (Wildman–Crippen MR) is 86.2 cm³/mol. The molecule has 4 nitrogen and oxygen atoms in total. The fourth-order valence-electron chi connectivity index (χ4n) is 2.20. The lowest BCUT2D eigenvalue weighted by Crippen LogP contribution is -2.45. The number of carbonyl (C=O) groups excluding carboxylic acids is 2. The standard InChI is InChI=1S/C18H19FN2O2/c1-13(20-17(22)15-6-4-3-5-7-15)18(23)21(2)12-14-8-10-16(19)11-9-14/h3-11,13H,12H2,1-2H3,(H,20,22). The summed E-state index contributed by atoms with van der Waals surface area (Å²) in [5.74, 6) is -0.813. The molecule has 0 aliphatic heterocycles. The van der Waals surface area contributed by atoms with Gasteiger partial charge in [0.2, 0.25) is 5.91 Å². The number of nitrogens with zero attached hydrogens (tertiary/aromatic N) is 1. The van der Waals surface area contributed by atoms with E-state index in [1.807, 2.05) is 6.07 Å². The van der Waals surface area contributed by atoms with Crippen LogP contribution in [-0.4, -0.2) is 29.8 Å². The van der Waals surface area contributed by atoms with E-state index in [0.29, 0.717) is 12.1 Å². The lowest BCUT2D eigenvalue weighted by atomic mass is 10.1. The van der Waals surface area contributed by atoms with Crippen LogP contribution in [0.1, 0.15) is 22.8 Å². The maximum Gasteiger partial charge on any atom is 0.251 e. The molecule has 0 aliphatic carbocycles. The minimum absolute atomic E-state index is 0.210. The topological polar surface area (TPSA) is 49.4 Å². The molecule has 5 heteroatoms. The molecule has 1 unspecified atom stereocenters. The summed E-state index contributed by atoms with van der Waals surface area (Å²) in [6, 6.07) is 14.1. The van der Waals surface area contributed by atoms with Gasteiger partial charge in [-0.05, 0) is 36.8 Å². The largest absolute Gasteiger partial charge is 0.341 e. The molecule has 0 saturated heterocycles. The fraction of sp³-hybridized carbons (Fsp3) is 0.222. The van der Waals surface area contributed by atoms with E-state index in [4.69, 9.17) is 0 Å². The van der Waals surface area contributed by atoms with Crippen LogP contribution in [0, 0.1) is 5.82 Å². The highest BCUT2D eigenvalue weighted by molar-refractivity contribution is 5.97. The molecule has 0 saturated carbocycles. The van der Waals surface area contributed by atoms with Gasteiger partial charge < -0.3 is 10.2 Å². The van der Waals surface area contributed by atoms with Gasteiger partial charge in [-0.1, -0.05) is 30.3 Å². The first kappa shape index (κ1) is 16.7. The Morgan fingerprint density at radius 3 is 2.30 bits per heavy atom. The SMILES string of the molecule is CC(NC(=O)c1ccccc1)C(=O)N(C)Cc1ccc(F)cc1. The molecule has 120 valence electrons. The Morgan fingerprint density at radius 2 is 1.70 bits per heavy atom. The van der Waals surface area contributed by atoms with Crippen molar-refractivity contribution in [2.75, 3.05) is 7.05 Å².